The molecule has 0 saturated heterocycles. The van der Waals surface area contributed by atoms with Gasteiger partial charge in [0.05, 0.1) is 12.2 Å². The van der Waals surface area contributed by atoms with Gasteiger partial charge in [-0.25, -0.2) is 9.97 Å². The Morgan fingerprint density at radius 3 is 2.56 bits per heavy atom. The molecule has 0 atom stereocenters. The topological polar surface area (TPSA) is 50.7 Å². The molecule has 18 heavy (non-hydrogen) atoms. The summed E-state index contributed by atoms with van der Waals surface area (Å²) in [6.45, 7) is 6.97. The van der Waals surface area contributed by atoms with Crippen molar-refractivity contribution in [2.24, 2.45) is 0 Å². The van der Waals surface area contributed by atoms with Crippen LogP contribution in [0.1, 0.15) is 32.3 Å². The Morgan fingerprint density at radius 2 is 1.89 bits per heavy atom. The molecule has 94 valence electrons. The minimum absolute atomic E-state index is 0.0390. The average Bonchev–Trinajstić information content (AvgIpc) is 2.37. The summed E-state index contributed by atoms with van der Waals surface area (Å²) >= 11 is 0. The zero-order valence-electron chi connectivity index (χ0n) is 11.0. The van der Waals surface area contributed by atoms with E-state index in [2.05, 4.69) is 41.0 Å². The minimum atomic E-state index is -0.0390. The highest BCUT2D eigenvalue weighted by molar-refractivity contribution is 5.34. The third kappa shape index (κ3) is 3.26. The fourth-order valence-corrected chi connectivity index (χ4v) is 1.50. The van der Waals surface area contributed by atoms with Crippen LogP contribution in [0.25, 0.3) is 0 Å². The van der Waals surface area contributed by atoms with Gasteiger partial charge in [0.25, 0.3) is 0 Å². The smallest absolute Gasteiger partial charge is 0.135 e. The van der Waals surface area contributed by atoms with Crippen LogP contribution in [0, 0.1) is 0 Å². The van der Waals surface area contributed by atoms with Gasteiger partial charge in [0.1, 0.15) is 11.6 Å². The first-order chi connectivity index (χ1) is 8.55. The number of anilines is 1. The molecule has 4 heteroatoms. The summed E-state index contributed by atoms with van der Waals surface area (Å²) in [5, 5.41) is 3.26. The molecule has 0 aliphatic carbocycles. The Bertz CT molecular complexity index is 503. The fraction of sp³-hybridized carbons (Fsp3) is 0.357. The molecule has 0 spiro atoms. The number of nitrogens with zero attached hydrogens (tertiary/aromatic N) is 3. The van der Waals surface area contributed by atoms with E-state index in [0.717, 1.165) is 17.3 Å². The van der Waals surface area contributed by atoms with Gasteiger partial charge >= 0.3 is 0 Å². The summed E-state index contributed by atoms with van der Waals surface area (Å²) in [6.07, 6.45) is 3.58. The monoisotopic (exact) mass is 242 g/mol. The van der Waals surface area contributed by atoms with Gasteiger partial charge in [0.2, 0.25) is 0 Å². The lowest BCUT2D eigenvalue weighted by Gasteiger charge is -2.17. The normalized spacial score (nSPS) is 11.3. The van der Waals surface area contributed by atoms with E-state index in [0.29, 0.717) is 6.54 Å². The summed E-state index contributed by atoms with van der Waals surface area (Å²) < 4.78 is 0. The van der Waals surface area contributed by atoms with E-state index in [1.54, 1.807) is 12.4 Å². The molecule has 0 bridgehead atoms. The van der Waals surface area contributed by atoms with Crippen LogP contribution in [0.2, 0.25) is 0 Å². The molecule has 0 unspecified atom stereocenters. The number of aromatic nitrogens is 3. The number of hydrogen-bond donors (Lipinski definition) is 1. The van der Waals surface area contributed by atoms with Crippen molar-refractivity contribution in [1.29, 1.82) is 0 Å². The maximum Gasteiger partial charge on any atom is 0.135 e. The minimum Gasteiger partial charge on any atom is -0.364 e. The van der Waals surface area contributed by atoms with Gasteiger partial charge in [-0.1, -0.05) is 26.8 Å². The zero-order chi connectivity index (χ0) is 13.0. The van der Waals surface area contributed by atoms with Gasteiger partial charge in [0.15, 0.2) is 0 Å². The lowest BCUT2D eigenvalue weighted by Crippen LogP contribution is -2.16. The highest BCUT2D eigenvalue weighted by Gasteiger charge is 2.17. The second-order valence-corrected chi connectivity index (χ2v) is 5.19. The van der Waals surface area contributed by atoms with Crippen LogP contribution in [0.5, 0.6) is 0 Å². The van der Waals surface area contributed by atoms with Crippen molar-refractivity contribution in [3.8, 4) is 0 Å². The van der Waals surface area contributed by atoms with E-state index in [-0.39, 0.29) is 5.41 Å². The molecule has 2 aromatic rings. The zero-order valence-corrected chi connectivity index (χ0v) is 11.0. The molecule has 0 aliphatic rings. The molecule has 1 N–H and O–H groups in total. The molecule has 2 rings (SSSR count). The van der Waals surface area contributed by atoms with Crippen molar-refractivity contribution >= 4 is 5.82 Å². The maximum atomic E-state index is 4.51. The van der Waals surface area contributed by atoms with Crippen LogP contribution < -0.4 is 5.32 Å². The molecular formula is C14H18N4. The molecule has 0 aromatic carbocycles. The molecule has 0 radical (unpaired) electrons. The maximum absolute atomic E-state index is 4.51. The highest BCUT2D eigenvalue weighted by Crippen LogP contribution is 2.18. The average molecular weight is 242 g/mol. The Kier molecular flexibility index (Phi) is 3.55. The summed E-state index contributed by atoms with van der Waals surface area (Å²) in [7, 11) is 0. The second-order valence-electron chi connectivity index (χ2n) is 5.19. The van der Waals surface area contributed by atoms with E-state index in [1.165, 1.54) is 0 Å². The third-order valence-electron chi connectivity index (χ3n) is 2.50. The Morgan fingerprint density at radius 1 is 1.06 bits per heavy atom. The van der Waals surface area contributed by atoms with Crippen molar-refractivity contribution in [3.05, 3.63) is 48.2 Å². The van der Waals surface area contributed by atoms with Crippen molar-refractivity contribution in [1.82, 2.24) is 15.0 Å². The number of pyridine rings is 1. The van der Waals surface area contributed by atoms with Crippen LogP contribution in [0.15, 0.2) is 36.7 Å². The second kappa shape index (κ2) is 5.12. The predicted molar refractivity (Wildman–Crippen MR) is 72.3 cm³/mol. The third-order valence-corrected chi connectivity index (χ3v) is 2.50. The van der Waals surface area contributed by atoms with E-state index < -0.39 is 0 Å². The molecule has 0 aliphatic heterocycles. The van der Waals surface area contributed by atoms with E-state index >= 15 is 0 Å². The fourth-order valence-electron chi connectivity index (χ4n) is 1.50. The van der Waals surface area contributed by atoms with Crippen LogP contribution in [-0.2, 0) is 12.0 Å². The first-order valence-electron chi connectivity index (χ1n) is 6.03. The summed E-state index contributed by atoms with van der Waals surface area (Å²) in [5.41, 5.74) is 0.955. The Labute approximate surface area is 108 Å². The van der Waals surface area contributed by atoms with E-state index in [4.69, 9.17) is 0 Å². The first-order valence-corrected chi connectivity index (χ1v) is 6.03. The van der Waals surface area contributed by atoms with Crippen molar-refractivity contribution < 1.29 is 0 Å². The summed E-state index contributed by atoms with van der Waals surface area (Å²) in [6, 6.07) is 7.74. The highest BCUT2D eigenvalue weighted by atomic mass is 15.0. The lowest BCUT2D eigenvalue weighted by molar-refractivity contribution is 0.546. The molecule has 4 nitrogen and oxygen atoms in total. The lowest BCUT2D eigenvalue weighted by atomic mass is 9.96. The Balaban J connectivity index is 2.06. The van der Waals surface area contributed by atoms with Crippen molar-refractivity contribution in [2.45, 2.75) is 32.7 Å². The van der Waals surface area contributed by atoms with Crippen LogP contribution in [0.4, 0.5) is 5.82 Å². The number of rotatable bonds is 3. The van der Waals surface area contributed by atoms with Gasteiger partial charge < -0.3 is 5.32 Å². The molecule has 2 heterocycles. The molecular weight excluding hydrogens is 224 g/mol. The Hall–Kier alpha value is -1.97. The standard InChI is InChI=1S/C14H18N4/c1-14(2,3)13-16-9-7-12(18-13)17-10-11-6-4-5-8-15-11/h4-9H,10H2,1-3H3,(H,16,17,18). The van der Waals surface area contributed by atoms with Crippen LogP contribution >= 0.6 is 0 Å². The number of hydrogen-bond acceptors (Lipinski definition) is 4. The quantitative estimate of drug-likeness (QED) is 0.899. The van der Waals surface area contributed by atoms with Gasteiger partial charge in [-0.3, -0.25) is 4.98 Å². The van der Waals surface area contributed by atoms with Crippen LogP contribution in [0.3, 0.4) is 0 Å². The van der Waals surface area contributed by atoms with Gasteiger partial charge in [0, 0.05) is 17.8 Å². The first kappa shape index (κ1) is 12.5. The molecule has 0 saturated carbocycles. The van der Waals surface area contributed by atoms with Crippen molar-refractivity contribution in [3.63, 3.8) is 0 Å². The SMILES string of the molecule is CC(C)(C)c1nccc(NCc2ccccn2)n1. The summed E-state index contributed by atoms with van der Waals surface area (Å²) in [4.78, 5) is 13.1. The summed E-state index contributed by atoms with van der Waals surface area (Å²) in [5.74, 6) is 1.68. The van der Waals surface area contributed by atoms with E-state index in [1.807, 2.05) is 24.3 Å². The largest absolute Gasteiger partial charge is 0.364 e. The predicted octanol–water partition coefficient (Wildman–Crippen LogP) is 2.78. The number of nitrogens with one attached hydrogen (secondary N) is 1. The molecule has 0 amide bonds. The van der Waals surface area contributed by atoms with Crippen LogP contribution in [-0.4, -0.2) is 15.0 Å². The molecule has 0 fully saturated rings. The van der Waals surface area contributed by atoms with Gasteiger partial charge in [-0.05, 0) is 18.2 Å². The van der Waals surface area contributed by atoms with E-state index in [9.17, 15) is 0 Å². The van der Waals surface area contributed by atoms with Gasteiger partial charge in [-0.2, -0.15) is 0 Å². The molecule has 2 aromatic heterocycles. The van der Waals surface area contributed by atoms with Gasteiger partial charge in [-0.15, -0.1) is 0 Å². The van der Waals surface area contributed by atoms with Crippen molar-refractivity contribution in [2.75, 3.05) is 5.32 Å².